The summed E-state index contributed by atoms with van der Waals surface area (Å²) in [5.41, 5.74) is 0. The molecule has 27 heavy (non-hydrogen) atoms. The van der Waals surface area contributed by atoms with Crippen LogP contribution in [0.2, 0.25) is 65.5 Å². The molecule has 0 spiro atoms. The second-order valence-electron chi connectivity index (χ2n) is 9.24. The van der Waals surface area contributed by atoms with Crippen LogP contribution in [-0.4, -0.2) is 65.9 Å². The Bertz CT molecular complexity index is 483. The van der Waals surface area contributed by atoms with Crippen LogP contribution < -0.4 is 0 Å². The summed E-state index contributed by atoms with van der Waals surface area (Å²) < 4.78 is 30.4. The number of hydrogen-bond acceptors (Lipinski definition) is 7. The fourth-order valence-corrected chi connectivity index (χ4v) is 24.8. The van der Waals surface area contributed by atoms with Gasteiger partial charge in [-0.3, -0.25) is 4.79 Å². The standard InChI is InChI=1S/C14H38O7Si5.V/c1-14(16)17-13-26(11,19-23(5,6)7)21-25(10,12-15)20-24(8,9)18-22(2,3)4;/h15H,12-13H2,1-11H3;. The minimum absolute atomic E-state index is 0. The number of carbonyl (C=O) groups is 1. The Hall–Kier alpha value is 0.939. The third kappa shape index (κ3) is 14.5. The summed E-state index contributed by atoms with van der Waals surface area (Å²) in [4.78, 5) is 11.3. The van der Waals surface area contributed by atoms with Gasteiger partial charge in [0, 0.05) is 25.5 Å². The molecule has 2 atom stereocenters. The Morgan fingerprint density at radius 1 is 0.741 bits per heavy atom. The summed E-state index contributed by atoms with van der Waals surface area (Å²) in [6.45, 7) is 21.5. The van der Waals surface area contributed by atoms with E-state index in [1.54, 1.807) is 0 Å². The maximum absolute atomic E-state index is 11.3. The molecule has 0 fully saturated rings. The van der Waals surface area contributed by atoms with Crippen molar-refractivity contribution in [3.05, 3.63) is 0 Å². The van der Waals surface area contributed by atoms with Gasteiger partial charge in [-0.15, -0.1) is 0 Å². The molecule has 0 aliphatic heterocycles. The van der Waals surface area contributed by atoms with Crippen LogP contribution in [-0.2, 0) is 44.5 Å². The van der Waals surface area contributed by atoms with E-state index in [1.165, 1.54) is 6.92 Å². The van der Waals surface area contributed by atoms with E-state index in [4.69, 9.17) is 21.2 Å². The van der Waals surface area contributed by atoms with E-state index in [9.17, 15) is 9.90 Å². The first kappa shape index (κ1) is 30.1. The maximum atomic E-state index is 11.3. The van der Waals surface area contributed by atoms with Crippen LogP contribution in [0.15, 0.2) is 0 Å². The van der Waals surface area contributed by atoms with E-state index in [0.717, 1.165) is 0 Å². The minimum atomic E-state index is -2.98. The molecule has 161 valence electrons. The SMILES string of the molecule is CC(=O)OC[Si](C)(O[Si](C)(C)C)O[Si](C)(CO)O[Si](C)(C)O[Si](C)(C)C.[V]. The van der Waals surface area contributed by atoms with Crippen molar-refractivity contribution < 1.29 is 49.7 Å². The molecule has 0 aromatic rings. The molecule has 0 aromatic carbocycles. The molecular formula is C14H38O7Si5V. The van der Waals surface area contributed by atoms with Crippen LogP contribution in [0.1, 0.15) is 6.92 Å². The molecule has 0 saturated heterocycles. The van der Waals surface area contributed by atoms with Crippen LogP contribution in [0.3, 0.4) is 0 Å². The van der Waals surface area contributed by atoms with E-state index in [0.29, 0.717) is 0 Å². The summed E-state index contributed by atoms with van der Waals surface area (Å²) in [6, 6.07) is 0. The number of rotatable bonds is 11. The van der Waals surface area contributed by atoms with Crippen molar-refractivity contribution in [3.63, 3.8) is 0 Å². The molecule has 0 bridgehead atoms. The quantitative estimate of drug-likeness (QED) is 0.338. The van der Waals surface area contributed by atoms with Gasteiger partial charge in [0.25, 0.3) is 0 Å². The van der Waals surface area contributed by atoms with Crippen molar-refractivity contribution in [2.24, 2.45) is 0 Å². The average molecular weight is 510 g/mol. The summed E-state index contributed by atoms with van der Waals surface area (Å²) in [7, 11) is -12.1. The van der Waals surface area contributed by atoms with Crippen LogP contribution in [0.25, 0.3) is 0 Å². The maximum Gasteiger partial charge on any atom is 0.355 e. The van der Waals surface area contributed by atoms with E-state index in [2.05, 4.69) is 39.3 Å². The predicted octanol–water partition coefficient (Wildman–Crippen LogP) is 3.20. The van der Waals surface area contributed by atoms with Crippen LogP contribution >= 0.6 is 0 Å². The Labute approximate surface area is 182 Å². The number of hydrogen-bond donors (Lipinski definition) is 1. The van der Waals surface area contributed by atoms with Gasteiger partial charge in [-0.05, 0) is 65.5 Å². The zero-order chi connectivity index (χ0) is 21.0. The van der Waals surface area contributed by atoms with Crippen molar-refractivity contribution in [1.82, 2.24) is 0 Å². The van der Waals surface area contributed by atoms with Crippen molar-refractivity contribution >= 4 is 48.3 Å². The first-order valence-electron chi connectivity index (χ1n) is 8.85. The number of ether oxygens (including phenoxy) is 1. The van der Waals surface area contributed by atoms with Gasteiger partial charge in [0.2, 0.25) is 0 Å². The molecule has 0 aliphatic carbocycles. The molecule has 0 heterocycles. The van der Waals surface area contributed by atoms with Crippen molar-refractivity contribution in [2.45, 2.75) is 72.4 Å². The van der Waals surface area contributed by atoms with E-state index < -0.39 is 42.3 Å². The Balaban J connectivity index is 0. The average Bonchev–Trinajstić information content (AvgIpc) is 2.29. The fraction of sp³-hybridized carbons (Fsp3) is 0.929. The molecule has 0 saturated carbocycles. The molecule has 0 aliphatic rings. The van der Waals surface area contributed by atoms with Gasteiger partial charge < -0.3 is 26.3 Å². The molecule has 13 heteroatoms. The first-order chi connectivity index (χ1) is 11.3. The van der Waals surface area contributed by atoms with Crippen molar-refractivity contribution in [2.75, 3.05) is 12.5 Å². The molecule has 1 N–H and O–H groups in total. The zero-order valence-corrected chi connectivity index (χ0v) is 25.2. The minimum Gasteiger partial charge on any atom is -0.464 e. The summed E-state index contributed by atoms with van der Waals surface area (Å²) in [5.74, 6) is -0.378. The van der Waals surface area contributed by atoms with Crippen molar-refractivity contribution in [1.29, 1.82) is 0 Å². The van der Waals surface area contributed by atoms with E-state index >= 15 is 0 Å². The molecular weight excluding hydrogens is 472 g/mol. The first-order valence-corrected chi connectivity index (χ1v) is 23.5. The van der Waals surface area contributed by atoms with Gasteiger partial charge in [0.15, 0.2) is 16.6 Å². The molecule has 1 radical (unpaired) electrons. The summed E-state index contributed by atoms with van der Waals surface area (Å²) in [5, 5.41) is 10.0. The Morgan fingerprint density at radius 2 is 1.19 bits per heavy atom. The van der Waals surface area contributed by atoms with Gasteiger partial charge >= 0.3 is 31.7 Å². The van der Waals surface area contributed by atoms with E-state index in [1.807, 2.05) is 26.2 Å². The third-order valence-electron chi connectivity index (χ3n) is 2.79. The zero-order valence-electron chi connectivity index (χ0n) is 18.8. The third-order valence-corrected chi connectivity index (χ3v) is 19.8. The fourth-order valence-electron chi connectivity index (χ4n) is 2.78. The molecule has 2 unspecified atom stereocenters. The van der Waals surface area contributed by atoms with E-state index in [-0.39, 0.29) is 37.0 Å². The number of aliphatic hydroxyl groups is 1. The molecule has 7 nitrogen and oxygen atoms in total. The Morgan fingerprint density at radius 3 is 1.52 bits per heavy atom. The molecule has 0 amide bonds. The number of carbonyl (C=O) groups excluding carboxylic acids is 1. The van der Waals surface area contributed by atoms with Crippen molar-refractivity contribution in [3.8, 4) is 0 Å². The monoisotopic (exact) mass is 509 g/mol. The largest absolute Gasteiger partial charge is 0.464 e. The number of aliphatic hydroxyl groups excluding tert-OH is 1. The van der Waals surface area contributed by atoms with Gasteiger partial charge in [0.05, 0.1) is 6.23 Å². The Kier molecular flexibility index (Phi) is 12.1. The smallest absolute Gasteiger partial charge is 0.355 e. The second-order valence-corrected chi connectivity index (χ2v) is 28.9. The van der Waals surface area contributed by atoms with Gasteiger partial charge in [-0.25, -0.2) is 0 Å². The molecule has 0 rings (SSSR count). The van der Waals surface area contributed by atoms with Crippen LogP contribution in [0.5, 0.6) is 0 Å². The molecule has 0 aromatic heterocycles. The normalized spacial score (nSPS) is 17.5. The van der Waals surface area contributed by atoms with Crippen LogP contribution in [0, 0.1) is 0 Å². The van der Waals surface area contributed by atoms with Gasteiger partial charge in [-0.1, -0.05) is 0 Å². The topological polar surface area (TPSA) is 83.5 Å². The summed E-state index contributed by atoms with van der Waals surface area (Å²) in [6.07, 6.45) is -0.133. The number of esters is 1. The predicted molar refractivity (Wildman–Crippen MR) is 115 cm³/mol. The summed E-state index contributed by atoms with van der Waals surface area (Å²) >= 11 is 0. The van der Waals surface area contributed by atoms with Gasteiger partial charge in [0.1, 0.15) is 6.23 Å². The van der Waals surface area contributed by atoms with Crippen LogP contribution in [0.4, 0.5) is 0 Å². The van der Waals surface area contributed by atoms with Gasteiger partial charge in [-0.2, -0.15) is 0 Å². The second kappa shape index (κ2) is 10.8.